The van der Waals surface area contributed by atoms with Gasteiger partial charge < -0.3 is 0 Å². The molecule has 0 unspecified atom stereocenters. The van der Waals surface area contributed by atoms with Crippen molar-refractivity contribution < 1.29 is 0 Å². The summed E-state index contributed by atoms with van der Waals surface area (Å²) in [5.74, 6) is 0.751. The third-order valence-electron chi connectivity index (χ3n) is 1.68. The minimum Gasteiger partial charge on any atom is -0.250 e. The molecule has 0 amide bonds. The second kappa shape index (κ2) is 3.85. The molecule has 0 aliphatic carbocycles. The summed E-state index contributed by atoms with van der Waals surface area (Å²) in [7, 11) is 0. The van der Waals surface area contributed by atoms with Gasteiger partial charge in [0.25, 0.3) is 0 Å². The number of H-pyrrole nitrogens is 1. The highest BCUT2D eigenvalue weighted by molar-refractivity contribution is 7.71. The van der Waals surface area contributed by atoms with Crippen LogP contribution in [0.2, 0.25) is 0 Å². The molecule has 0 aliphatic heterocycles. The Hall–Kier alpha value is -1.27. The highest BCUT2D eigenvalue weighted by atomic mass is 32.1. The second-order valence-electron chi connectivity index (χ2n) is 2.69. The second-order valence-corrected chi connectivity index (χ2v) is 3.86. The zero-order valence-electron chi connectivity index (χ0n) is 7.47. The standard InChI is InChI=1S/C8H8N4S2/c1-6-10-11-8(13)12(6)9-4-7-2-3-14-5-7/h2-5H,1H3,(H,11,13)/b9-4-. The maximum Gasteiger partial charge on any atom is 0.216 e. The first-order chi connectivity index (χ1) is 6.77. The summed E-state index contributed by atoms with van der Waals surface area (Å²) in [5, 5.41) is 14.8. The molecule has 2 aromatic rings. The molecule has 0 fully saturated rings. The molecule has 2 heterocycles. The third kappa shape index (κ3) is 1.80. The van der Waals surface area contributed by atoms with E-state index in [-0.39, 0.29) is 0 Å². The predicted octanol–water partition coefficient (Wildman–Crippen LogP) is 2.19. The Morgan fingerprint density at radius 3 is 3.14 bits per heavy atom. The van der Waals surface area contributed by atoms with Crippen molar-refractivity contribution in [2.75, 3.05) is 0 Å². The Morgan fingerprint density at radius 2 is 2.57 bits per heavy atom. The van der Waals surface area contributed by atoms with Crippen LogP contribution in [0.5, 0.6) is 0 Å². The highest BCUT2D eigenvalue weighted by Crippen LogP contribution is 2.03. The number of hydrogen-bond acceptors (Lipinski definition) is 4. The van der Waals surface area contributed by atoms with Crippen LogP contribution in [-0.2, 0) is 0 Å². The van der Waals surface area contributed by atoms with Crippen LogP contribution >= 0.6 is 23.6 Å². The molecule has 0 atom stereocenters. The Kier molecular flexibility index (Phi) is 2.55. The van der Waals surface area contributed by atoms with Gasteiger partial charge in [-0.15, -0.1) is 0 Å². The van der Waals surface area contributed by atoms with Crippen LogP contribution in [-0.4, -0.2) is 21.1 Å². The van der Waals surface area contributed by atoms with E-state index in [2.05, 4.69) is 15.3 Å². The maximum atomic E-state index is 5.00. The van der Waals surface area contributed by atoms with E-state index in [0.717, 1.165) is 11.4 Å². The van der Waals surface area contributed by atoms with Crippen LogP contribution in [0, 0.1) is 11.7 Å². The molecule has 6 heteroatoms. The number of aromatic amines is 1. The molecule has 0 spiro atoms. The van der Waals surface area contributed by atoms with E-state index >= 15 is 0 Å². The van der Waals surface area contributed by atoms with Gasteiger partial charge in [-0.1, -0.05) is 0 Å². The van der Waals surface area contributed by atoms with Crippen molar-refractivity contribution >= 4 is 29.8 Å². The molecule has 2 rings (SSSR count). The molecule has 0 saturated carbocycles. The number of rotatable bonds is 2. The topological polar surface area (TPSA) is 46.0 Å². The zero-order chi connectivity index (χ0) is 9.97. The zero-order valence-corrected chi connectivity index (χ0v) is 9.10. The predicted molar refractivity (Wildman–Crippen MR) is 59.5 cm³/mol. The lowest BCUT2D eigenvalue weighted by atomic mass is 10.4. The SMILES string of the molecule is Cc1n[nH]c(=S)n1/N=C\c1ccsc1. The lowest BCUT2D eigenvalue weighted by Gasteiger charge is -1.91. The fraction of sp³-hybridized carbons (Fsp3) is 0.125. The quantitative estimate of drug-likeness (QED) is 0.628. The summed E-state index contributed by atoms with van der Waals surface area (Å²) in [4.78, 5) is 0. The van der Waals surface area contributed by atoms with Gasteiger partial charge in [0, 0.05) is 5.56 Å². The van der Waals surface area contributed by atoms with Crippen molar-refractivity contribution in [1.29, 1.82) is 0 Å². The van der Waals surface area contributed by atoms with Crippen molar-refractivity contribution in [3.63, 3.8) is 0 Å². The fourth-order valence-corrected chi connectivity index (χ4v) is 1.81. The molecule has 1 N–H and O–H groups in total. The van der Waals surface area contributed by atoms with Gasteiger partial charge in [0.2, 0.25) is 4.77 Å². The van der Waals surface area contributed by atoms with Crippen LogP contribution < -0.4 is 0 Å². The number of aromatic nitrogens is 3. The molecule has 0 aliphatic rings. The van der Waals surface area contributed by atoms with Gasteiger partial charge in [0.1, 0.15) is 5.82 Å². The lowest BCUT2D eigenvalue weighted by molar-refractivity contribution is 0.821. The molecule has 4 nitrogen and oxygen atoms in total. The van der Waals surface area contributed by atoms with Gasteiger partial charge in [0.05, 0.1) is 6.21 Å². The van der Waals surface area contributed by atoms with Gasteiger partial charge >= 0.3 is 0 Å². The van der Waals surface area contributed by atoms with Gasteiger partial charge in [-0.25, -0.2) is 0 Å². The number of aryl methyl sites for hydroxylation is 1. The highest BCUT2D eigenvalue weighted by Gasteiger charge is 1.96. The van der Waals surface area contributed by atoms with E-state index in [0.29, 0.717) is 4.77 Å². The molecule has 72 valence electrons. The molecule has 0 bridgehead atoms. The van der Waals surface area contributed by atoms with Crippen molar-refractivity contribution in [3.8, 4) is 0 Å². The summed E-state index contributed by atoms with van der Waals surface area (Å²) < 4.78 is 2.10. The lowest BCUT2D eigenvalue weighted by Crippen LogP contribution is -1.92. The van der Waals surface area contributed by atoms with E-state index < -0.39 is 0 Å². The van der Waals surface area contributed by atoms with Gasteiger partial charge in [-0.2, -0.15) is 26.2 Å². The van der Waals surface area contributed by atoms with Crippen molar-refractivity contribution in [2.24, 2.45) is 5.10 Å². The Labute approximate surface area is 89.9 Å². The first kappa shape index (κ1) is 9.29. The monoisotopic (exact) mass is 224 g/mol. The molecular weight excluding hydrogens is 216 g/mol. The van der Waals surface area contributed by atoms with Crippen LogP contribution in [0.15, 0.2) is 21.9 Å². The molecule has 0 radical (unpaired) electrons. The molecule has 14 heavy (non-hydrogen) atoms. The van der Waals surface area contributed by atoms with Crippen molar-refractivity contribution in [2.45, 2.75) is 6.92 Å². The minimum absolute atomic E-state index is 0.508. The average molecular weight is 224 g/mol. The smallest absolute Gasteiger partial charge is 0.216 e. The number of nitrogens with one attached hydrogen (secondary N) is 1. The number of hydrogen-bond donors (Lipinski definition) is 1. The largest absolute Gasteiger partial charge is 0.250 e. The average Bonchev–Trinajstić information content (AvgIpc) is 2.76. The Bertz CT molecular complexity index is 492. The molecule has 0 saturated heterocycles. The van der Waals surface area contributed by atoms with E-state index in [4.69, 9.17) is 12.2 Å². The van der Waals surface area contributed by atoms with Crippen LogP contribution in [0.3, 0.4) is 0 Å². The number of nitrogens with zero attached hydrogens (tertiary/aromatic N) is 3. The summed E-state index contributed by atoms with van der Waals surface area (Å²) >= 11 is 6.64. The van der Waals surface area contributed by atoms with Crippen molar-refractivity contribution in [3.05, 3.63) is 33.0 Å². The number of thiophene rings is 1. The molecule has 0 aromatic carbocycles. The van der Waals surface area contributed by atoms with E-state index in [1.54, 1.807) is 22.2 Å². The summed E-state index contributed by atoms with van der Waals surface area (Å²) in [6.07, 6.45) is 1.76. The van der Waals surface area contributed by atoms with Crippen LogP contribution in [0.4, 0.5) is 0 Å². The van der Waals surface area contributed by atoms with E-state index in [1.165, 1.54) is 0 Å². The van der Waals surface area contributed by atoms with Gasteiger partial charge in [-0.3, -0.25) is 5.10 Å². The summed E-state index contributed by atoms with van der Waals surface area (Å²) in [6.45, 7) is 1.84. The third-order valence-corrected chi connectivity index (χ3v) is 2.64. The first-order valence-corrected chi connectivity index (χ1v) is 5.33. The summed E-state index contributed by atoms with van der Waals surface area (Å²) in [5.41, 5.74) is 1.07. The molecular formula is C8H8N4S2. The molecule has 2 aromatic heterocycles. The van der Waals surface area contributed by atoms with Gasteiger partial charge in [-0.05, 0) is 36.0 Å². The Balaban J connectivity index is 2.31. The Morgan fingerprint density at radius 1 is 1.71 bits per heavy atom. The first-order valence-electron chi connectivity index (χ1n) is 3.98. The maximum absolute atomic E-state index is 5.00. The minimum atomic E-state index is 0.508. The summed E-state index contributed by atoms with van der Waals surface area (Å²) in [6, 6.07) is 1.99. The van der Waals surface area contributed by atoms with Crippen LogP contribution in [0.1, 0.15) is 11.4 Å². The van der Waals surface area contributed by atoms with E-state index in [9.17, 15) is 0 Å². The van der Waals surface area contributed by atoms with Crippen LogP contribution in [0.25, 0.3) is 0 Å². The normalized spacial score (nSPS) is 11.2. The van der Waals surface area contributed by atoms with E-state index in [1.807, 2.05) is 23.8 Å². The fourth-order valence-electron chi connectivity index (χ4n) is 0.979. The van der Waals surface area contributed by atoms with Gasteiger partial charge in [0.15, 0.2) is 0 Å². The van der Waals surface area contributed by atoms with Crippen molar-refractivity contribution in [1.82, 2.24) is 14.9 Å².